The van der Waals surface area contributed by atoms with E-state index in [2.05, 4.69) is 10.4 Å². The summed E-state index contributed by atoms with van der Waals surface area (Å²) in [6.07, 6.45) is 0. The van der Waals surface area contributed by atoms with Crippen molar-refractivity contribution < 1.29 is 14.3 Å². The minimum Gasteiger partial charge on any atom is -0.494 e. The highest BCUT2D eigenvalue weighted by atomic mass is 16.5. The molecular formula is C26H25N3O4. The summed E-state index contributed by atoms with van der Waals surface area (Å²) < 4.78 is 12.2. The minimum absolute atomic E-state index is 0.163. The standard InChI is InChI=1S/C26H25N3O4/c1-2-32-22-9-11-23(12-10-22)33-16-15-27-25(30)18-29-26(31)14-13-24(28-29)21-8-7-19-5-3-4-6-20(19)17-21/h3-14,17H,2,15-16,18H2,1H3,(H,27,30). The normalized spacial score (nSPS) is 10.7. The number of hydrogen-bond acceptors (Lipinski definition) is 5. The molecule has 0 aliphatic rings. The van der Waals surface area contributed by atoms with Crippen LogP contribution in [-0.2, 0) is 11.3 Å². The SMILES string of the molecule is CCOc1ccc(OCCNC(=O)Cn2nc(-c3ccc4ccccc4c3)ccc2=O)cc1. The Balaban J connectivity index is 1.33. The molecule has 1 heterocycles. The minimum atomic E-state index is -0.333. The average Bonchev–Trinajstić information content (AvgIpc) is 2.84. The lowest BCUT2D eigenvalue weighted by Gasteiger charge is -2.10. The molecule has 7 nitrogen and oxygen atoms in total. The maximum atomic E-state index is 12.3. The molecule has 0 fully saturated rings. The number of ether oxygens (including phenoxy) is 2. The van der Waals surface area contributed by atoms with Gasteiger partial charge in [-0.3, -0.25) is 9.59 Å². The summed E-state index contributed by atoms with van der Waals surface area (Å²) in [5, 5.41) is 9.35. The Morgan fingerprint density at radius 2 is 1.64 bits per heavy atom. The first kappa shape index (κ1) is 22.1. The summed E-state index contributed by atoms with van der Waals surface area (Å²) in [4.78, 5) is 24.6. The second-order valence-corrected chi connectivity index (χ2v) is 7.38. The van der Waals surface area contributed by atoms with Crippen molar-refractivity contribution in [2.45, 2.75) is 13.5 Å². The number of aromatic nitrogens is 2. The van der Waals surface area contributed by atoms with Crippen molar-refractivity contribution in [1.29, 1.82) is 0 Å². The third-order valence-electron chi connectivity index (χ3n) is 5.03. The van der Waals surface area contributed by atoms with Gasteiger partial charge in [0.15, 0.2) is 0 Å². The van der Waals surface area contributed by atoms with Gasteiger partial charge in [-0.05, 0) is 54.1 Å². The molecule has 0 saturated heterocycles. The van der Waals surface area contributed by atoms with Gasteiger partial charge in [-0.25, -0.2) is 4.68 Å². The number of benzene rings is 3. The molecule has 3 aromatic carbocycles. The van der Waals surface area contributed by atoms with Crippen LogP contribution in [0.5, 0.6) is 11.5 Å². The van der Waals surface area contributed by atoms with Gasteiger partial charge in [-0.15, -0.1) is 0 Å². The van der Waals surface area contributed by atoms with Crippen molar-refractivity contribution in [2.75, 3.05) is 19.8 Å². The van der Waals surface area contributed by atoms with Crippen LogP contribution >= 0.6 is 0 Å². The summed E-state index contributed by atoms with van der Waals surface area (Å²) >= 11 is 0. The van der Waals surface area contributed by atoms with Gasteiger partial charge in [-0.1, -0.05) is 36.4 Å². The molecule has 1 N–H and O–H groups in total. The third kappa shape index (κ3) is 5.77. The van der Waals surface area contributed by atoms with E-state index in [0.29, 0.717) is 31.2 Å². The summed E-state index contributed by atoms with van der Waals surface area (Å²) in [6, 6.07) is 24.4. The summed E-state index contributed by atoms with van der Waals surface area (Å²) in [6.45, 7) is 2.99. The van der Waals surface area contributed by atoms with E-state index in [0.717, 1.165) is 22.1 Å². The van der Waals surface area contributed by atoms with Gasteiger partial charge >= 0.3 is 0 Å². The number of carbonyl (C=O) groups excluding carboxylic acids is 1. The largest absolute Gasteiger partial charge is 0.494 e. The molecule has 0 unspecified atom stereocenters. The van der Waals surface area contributed by atoms with Crippen molar-refractivity contribution in [3.8, 4) is 22.8 Å². The molecule has 4 rings (SSSR count). The Kier molecular flexibility index (Phi) is 6.99. The van der Waals surface area contributed by atoms with Gasteiger partial charge in [0.05, 0.1) is 18.8 Å². The van der Waals surface area contributed by atoms with Gasteiger partial charge < -0.3 is 14.8 Å². The number of amides is 1. The van der Waals surface area contributed by atoms with Crippen molar-refractivity contribution in [2.24, 2.45) is 0 Å². The smallest absolute Gasteiger partial charge is 0.267 e. The Hall–Kier alpha value is -4.13. The predicted octanol–water partition coefficient (Wildman–Crippen LogP) is 3.66. The van der Waals surface area contributed by atoms with Crippen molar-refractivity contribution in [3.05, 3.63) is 89.2 Å². The summed E-state index contributed by atoms with van der Waals surface area (Å²) in [5.41, 5.74) is 1.18. The first-order valence-corrected chi connectivity index (χ1v) is 10.8. The van der Waals surface area contributed by atoms with Crippen LogP contribution in [0, 0.1) is 0 Å². The molecule has 0 atom stereocenters. The van der Waals surface area contributed by atoms with Crippen molar-refractivity contribution in [3.63, 3.8) is 0 Å². The molecular weight excluding hydrogens is 418 g/mol. The second-order valence-electron chi connectivity index (χ2n) is 7.38. The molecule has 168 valence electrons. The molecule has 7 heteroatoms. The van der Waals surface area contributed by atoms with Crippen LogP contribution < -0.4 is 20.3 Å². The number of rotatable bonds is 9. The molecule has 1 amide bonds. The summed E-state index contributed by atoms with van der Waals surface area (Å²) in [7, 11) is 0. The number of nitrogens with one attached hydrogen (secondary N) is 1. The van der Waals surface area contributed by atoms with E-state index < -0.39 is 0 Å². The zero-order valence-corrected chi connectivity index (χ0v) is 18.4. The van der Waals surface area contributed by atoms with E-state index in [4.69, 9.17) is 9.47 Å². The highest BCUT2D eigenvalue weighted by Gasteiger charge is 2.08. The van der Waals surface area contributed by atoms with E-state index in [1.165, 1.54) is 10.7 Å². The van der Waals surface area contributed by atoms with Gasteiger partial charge in [0.2, 0.25) is 5.91 Å². The highest BCUT2D eigenvalue weighted by molar-refractivity contribution is 5.86. The molecule has 0 spiro atoms. The first-order chi connectivity index (χ1) is 16.1. The quantitative estimate of drug-likeness (QED) is 0.399. The molecule has 0 bridgehead atoms. The van der Waals surface area contributed by atoms with Crippen LogP contribution in [0.2, 0.25) is 0 Å². The number of carbonyl (C=O) groups is 1. The fourth-order valence-electron chi connectivity index (χ4n) is 3.41. The van der Waals surface area contributed by atoms with Gasteiger partial charge in [0.25, 0.3) is 5.56 Å². The molecule has 4 aromatic rings. The van der Waals surface area contributed by atoms with Crippen molar-refractivity contribution >= 4 is 16.7 Å². The van der Waals surface area contributed by atoms with Gasteiger partial charge in [0, 0.05) is 11.6 Å². The van der Waals surface area contributed by atoms with Crippen LogP contribution in [0.1, 0.15) is 6.92 Å². The van der Waals surface area contributed by atoms with E-state index in [1.54, 1.807) is 6.07 Å². The molecule has 0 saturated carbocycles. The maximum Gasteiger partial charge on any atom is 0.267 e. The Morgan fingerprint density at radius 3 is 2.39 bits per heavy atom. The summed E-state index contributed by atoms with van der Waals surface area (Å²) in [5.74, 6) is 1.16. The van der Waals surface area contributed by atoms with E-state index in [9.17, 15) is 9.59 Å². The second kappa shape index (κ2) is 10.5. The number of hydrogen-bond donors (Lipinski definition) is 1. The van der Waals surface area contributed by atoms with Crippen LogP contribution in [0.3, 0.4) is 0 Å². The average molecular weight is 444 g/mol. The van der Waals surface area contributed by atoms with Crippen LogP contribution in [0.15, 0.2) is 83.7 Å². The molecule has 1 aromatic heterocycles. The maximum absolute atomic E-state index is 12.3. The molecule has 33 heavy (non-hydrogen) atoms. The topological polar surface area (TPSA) is 82.4 Å². The van der Waals surface area contributed by atoms with Crippen molar-refractivity contribution in [1.82, 2.24) is 15.1 Å². The predicted molar refractivity (Wildman–Crippen MR) is 128 cm³/mol. The van der Waals surface area contributed by atoms with Gasteiger partial charge in [-0.2, -0.15) is 5.10 Å². The first-order valence-electron chi connectivity index (χ1n) is 10.8. The highest BCUT2D eigenvalue weighted by Crippen LogP contribution is 2.22. The Bertz CT molecular complexity index is 1300. The molecule has 0 radical (unpaired) electrons. The number of nitrogens with zero attached hydrogens (tertiary/aromatic N) is 2. The van der Waals surface area contributed by atoms with Crippen LogP contribution in [0.4, 0.5) is 0 Å². The monoisotopic (exact) mass is 443 g/mol. The van der Waals surface area contributed by atoms with E-state index >= 15 is 0 Å². The lowest BCUT2D eigenvalue weighted by atomic mass is 10.1. The zero-order valence-electron chi connectivity index (χ0n) is 18.4. The lowest BCUT2D eigenvalue weighted by Crippen LogP contribution is -2.35. The number of fused-ring (bicyclic) bond motifs is 1. The molecule has 0 aliphatic carbocycles. The van der Waals surface area contributed by atoms with E-state index in [1.807, 2.05) is 73.7 Å². The van der Waals surface area contributed by atoms with Gasteiger partial charge in [0.1, 0.15) is 24.7 Å². The van der Waals surface area contributed by atoms with Crippen LogP contribution in [-0.4, -0.2) is 35.4 Å². The van der Waals surface area contributed by atoms with E-state index in [-0.39, 0.29) is 18.0 Å². The molecule has 0 aliphatic heterocycles. The Labute approximate surface area is 191 Å². The zero-order chi connectivity index (χ0) is 23.0. The van der Waals surface area contributed by atoms with Crippen LogP contribution in [0.25, 0.3) is 22.0 Å². The lowest BCUT2D eigenvalue weighted by molar-refractivity contribution is -0.122. The fourth-order valence-corrected chi connectivity index (χ4v) is 3.41. The third-order valence-corrected chi connectivity index (χ3v) is 5.03. The fraction of sp³-hybridized carbons (Fsp3) is 0.192. The Morgan fingerprint density at radius 1 is 0.909 bits per heavy atom.